The molecule has 52 heavy (non-hydrogen) atoms. The van der Waals surface area contributed by atoms with Gasteiger partial charge in [0.15, 0.2) is 0 Å². The van der Waals surface area contributed by atoms with Crippen molar-refractivity contribution in [2.45, 2.75) is 128 Å². The highest BCUT2D eigenvalue weighted by Gasteiger charge is 2.30. The maximum absolute atomic E-state index is 6.83. The van der Waals surface area contributed by atoms with Crippen LogP contribution in [0.4, 0.5) is 0 Å². The van der Waals surface area contributed by atoms with Crippen LogP contribution in [-0.4, -0.2) is 0 Å². The van der Waals surface area contributed by atoms with Crippen molar-refractivity contribution in [3.63, 3.8) is 0 Å². The summed E-state index contributed by atoms with van der Waals surface area (Å²) < 4.78 is 0. The van der Waals surface area contributed by atoms with Gasteiger partial charge in [-0.3, -0.25) is 0 Å². The van der Waals surface area contributed by atoms with E-state index >= 15 is 0 Å². The molecule has 0 N–H and O–H groups in total. The third kappa shape index (κ3) is 7.06. The smallest absolute Gasteiger partial charge is 0.100 e. The first-order valence-corrected chi connectivity index (χ1v) is 21.2. The maximum Gasteiger partial charge on any atom is 0.133 e. The zero-order chi connectivity index (χ0) is 39.0. The fraction of sp³-hybridized carbons (Fsp3) is 0.455. The summed E-state index contributed by atoms with van der Waals surface area (Å²) in [6.45, 7) is 26.2. The first-order chi connectivity index (χ1) is 24.1. The lowest BCUT2D eigenvalue weighted by Crippen LogP contribution is -2.16. The predicted octanol–water partition coefficient (Wildman–Crippen LogP) is 16.0. The lowest BCUT2D eigenvalue weighted by molar-refractivity contribution is 0.942. The van der Waals surface area contributed by atoms with E-state index in [9.17, 15) is 0 Å². The molecule has 5 rings (SSSR count). The van der Waals surface area contributed by atoms with Crippen molar-refractivity contribution in [3.05, 3.63) is 134 Å². The Morgan fingerprint density at radius 2 is 0.346 bits per heavy atom. The second kappa shape index (κ2) is 16.0. The second-order valence-electron chi connectivity index (χ2n) is 14.9. The van der Waals surface area contributed by atoms with Crippen LogP contribution < -0.4 is 0 Å². The van der Waals surface area contributed by atoms with E-state index in [0.29, 0.717) is 25.7 Å². The fourth-order valence-corrected chi connectivity index (χ4v) is 12.2. The number of rotatable bonds is 4. The average Bonchev–Trinajstić information content (AvgIpc) is 3.02. The predicted molar refractivity (Wildman–Crippen MR) is 232 cm³/mol. The minimum atomic E-state index is -0.688. The second-order valence-corrected chi connectivity index (χ2v) is 19.3. The number of halogens is 8. The van der Waals surface area contributed by atoms with Crippen molar-refractivity contribution >= 4 is 92.8 Å². The summed E-state index contributed by atoms with van der Waals surface area (Å²) in [5.74, 6) is 0. The topological polar surface area (TPSA) is 0 Å². The molecule has 4 aromatic rings. The molecule has 0 atom stereocenters. The van der Waals surface area contributed by atoms with Gasteiger partial charge in [0.1, 0.15) is 19.3 Å². The van der Waals surface area contributed by atoms with Gasteiger partial charge in [-0.2, -0.15) is 0 Å². The minimum absolute atomic E-state index is 0.679. The maximum atomic E-state index is 6.83. The van der Waals surface area contributed by atoms with Crippen LogP contribution >= 0.6 is 92.8 Å². The van der Waals surface area contributed by atoms with E-state index in [-0.39, 0.29) is 0 Å². The summed E-state index contributed by atoms with van der Waals surface area (Å²) in [7, 11) is 0. The largest absolute Gasteiger partial charge is 0.133 e. The van der Waals surface area contributed by atoms with Gasteiger partial charge in [-0.05, 0) is 242 Å². The molecule has 0 heterocycles. The molecule has 280 valence electrons. The van der Waals surface area contributed by atoms with Gasteiger partial charge in [-0.15, -0.1) is 92.8 Å². The van der Waals surface area contributed by atoms with Crippen LogP contribution in [0, 0.1) is 83.1 Å². The molecule has 1 aliphatic rings. The van der Waals surface area contributed by atoms with Gasteiger partial charge in [0.2, 0.25) is 0 Å². The van der Waals surface area contributed by atoms with Crippen molar-refractivity contribution in [2.24, 2.45) is 0 Å². The molecule has 0 fully saturated rings. The van der Waals surface area contributed by atoms with Crippen LogP contribution in [0.3, 0.4) is 0 Å². The zero-order valence-corrected chi connectivity index (χ0v) is 38.2. The van der Waals surface area contributed by atoms with E-state index in [1.54, 1.807) is 0 Å². The van der Waals surface area contributed by atoms with E-state index in [1.165, 1.54) is 66.8 Å². The van der Waals surface area contributed by atoms with Crippen LogP contribution in [0.2, 0.25) is 0 Å². The molecule has 8 bridgehead atoms. The summed E-state index contributed by atoms with van der Waals surface area (Å²) >= 11 is 54.6. The monoisotopic (exact) mass is 856 g/mol. The van der Waals surface area contributed by atoms with Crippen molar-refractivity contribution < 1.29 is 0 Å². The Morgan fingerprint density at radius 1 is 0.231 bits per heavy atom. The summed E-state index contributed by atoms with van der Waals surface area (Å²) in [6.07, 6.45) is 2.72. The average molecular weight is 860 g/mol. The van der Waals surface area contributed by atoms with Crippen LogP contribution in [0.1, 0.15) is 153 Å². The van der Waals surface area contributed by atoms with Gasteiger partial charge in [-0.25, -0.2) is 0 Å². The van der Waals surface area contributed by atoms with E-state index in [0.717, 1.165) is 66.8 Å². The SMILES string of the molecule is Cc1c2c(C)c(C(Cl)Cl)c(C)c1Cc1c(C)c(c(C)c(C(Cl)Cl)c1C)Cc1c(C)c(c(C)c(C(Cl)Cl)c1C)Cc1c(C)c(c(C)c(C(Cl)Cl)c1C)C2. The third-order valence-electron chi connectivity index (χ3n) is 12.8. The Balaban J connectivity index is 2.05. The first-order valence-electron chi connectivity index (χ1n) is 17.7. The van der Waals surface area contributed by atoms with Gasteiger partial charge in [0.25, 0.3) is 0 Å². The van der Waals surface area contributed by atoms with Crippen LogP contribution in [0.5, 0.6) is 0 Å². The summed E-state index contributed by atoms with van der Waals surface area (Å²) in [4.78, 5) is -2.75. The quantitative estimate of drug-likeness (QED) is 0.158. The van der Waals surface area contributed by atoms with Crippen molar-refractivity contribution in [2.75, 3.05) is 0 Å². The normalized spacial score (nSPS) is 13.4. The summed E-state index contributed by atoms with van der Waals surface area (Å²) in [5, 5.41) is 0. The molecule has 0 aromatic heterocycles. The fourth-order valence-electron chi connectivity index (χ4n) is 9.54. The number of hydrogen-bond donors (Lipinski definition) is 0. The molecule has 0 saturated carbocycles. The van der Waals surface area contributed by atoms with Gasteiger partial charge in [0, 0.05) is 0 Å². The van der Waals surface area contributed by atoms with Crippen LogP contribution in [0.25, 0.3) is 0 Å². The van der Waals surface area contributed by atoms with Crippen molar-refractivity contribution in [3.8, 4) is 0 Å². The molecule has 4 aromatic carbocycles. The Hall–Kier alpha value is -0.800. The molecule has 0 nitrogen and oxygen atoms in total. The van der Waals surface area contributed by atoms with E-state index in [2.05, 4.69) is 83.1 Å². The van der Waals surface area contributed by atoms with Gasteiger partial charge in [-0.1, -0.05) is 0 Å². The molecule has 0 unspecified atom stereocenters. The number of benzene rings is 4. The van der Waals surface area contributed by atoms with Gasteiger partial charge >= 0.3 is 0 Å². The lowest BCUT2D eigenvalue weighted by atomic mass is 9.76. The molecular weight excluding hydrogens is 812 g/mol. The number of hydrogen-bond acceptors (Lipinski definition) is 0. The number of fused-ring (bicyclic) bond motifs is 8. The third-order valence-corrected chi connectivity index (χ3v) is 14.5. The molecule has 0 saturated heterocycles. The Kier molecular flexibility index (Phi) is 13.0. The molecule has 0 radical (unpaired) electrons. The highest BCUT2D eigenvalue weighted by atomic mass is 35.5. The van der Waals surface area contributed by atoms with Gasteiger partial charge in [0.05, 0.1) is 0 Å². The number of alkyl halides is 8. The molecule has 1 aliphatic carbocycles. The summed E-state index contributed by atoms with van der Waals surface area (Å²) in [6, 6.07) is 0. The minimum Gasteiger partial charge on any atom is -0.100 e. The zero-order valence-electron chi connectivity index (χ0n) is 32.2. The van der Waals surface area contributed by atoms with E-state index < -0.39 is 19.3 Å². The van der Waals surface area contributed by atoms with E-state index in [1.807, 2.05) is 0 Å². The molecule has 8 heteroatoms. The molecule has 0 amide bonds. The molecule has 0 spiro atoms. The molecular formula is C44H48Cl8. The lowest BCUT2D eigenvalue weighted by Gasteiger charge is -2.30. The highest BCUT2D eigenvalue weighted by Crippen LogP contribution is 2.46. The Bertz CT molecular complexity index is 1700. The Morgan fingerprint density at radius 3 is 0.442 bits per heavy atom. The standard InChI is InChI=1S/C44H48Cl8/c1-17-29-13-31-18(2)33(25(9)38(23(31)7)42(47)48)15-35-20(4)36(28(12)40(27(35)11)44(51)52)16-34-19(3)32(24(8)39(26(34)10)43(49)50)14-30(17)22(6)37(21(29)5)41(45)46/h41-44H,13-16H2,1-12H3. The summed E-state index contributed by atoms with van der Waals surface area (Å²) in [5.41, 5.74) is 27.4. The van der Waals surface area contributed by atoms with Crippen molar-refractivity contribution in [1.82, 2.24) is 0 Å². The molecule has 0 aliphatic heterocycles. The van der Waals surface area contributed by atoms with Gasteiger partial charge < -0.3 is 0 Å². The highest BCUT2D eigenvalue weighted by molar-refractivity contribution is 6.45. The van der Waals surface area contributed by atoms with Crippen LogP contribution in [-0.2, 0) is 25.7 Å². The van der Waals surface area contributed by atoms with E-state index in [4.69, 9.17) is 92.8 Å². The Labute approximate surface area is 351 Å². The van der Waals surface area contributed by atoms with Crippen molar-refractivity contribution in [1.29, 1.82) is 0 Å². The van der Waals surface area contributed by atoms with Crippen LogP contribution in [0.15, 0.2) is 0 Å². The first kappa shape index (κ1) is 42.3.